The SMILES string of the molecule is Cn1nccc1Nc1nccc(-c2ccc(NC(=O)Cc3ccc(F)cc3Cl)c(C#N)c2)n1. The fraction of sp³-hybridized carbons (Fsp3) is 0.0870. The van der Waals surface area contributed by atoms with Crippen LogP contribution in [0.15, 0.2) is 60.9 Å². The van der Waals surface area contributed by atoms with Crippen molar-refractivity contribution in [1.29, 1.82) is 5.26 Å². The molecule has 0 spiro atoms. The number of benzene rings is 2. The Kier molecular flexibility index (Phi) is 6.29. The number of carbonyl (C=O) groups is 1. The van der Waals surface area contributed by atoms with Gasteiger partial charge in [-0.2, -0.15) is 10.4 Å². The molecule has 4 rings (SSSR count). The van der Waals surface area contributed by atoms with Gasteiger partial charge in [0, 0.05) is 29.9 Å². The molecule has 0 aliphatic heterocycles. The van der Waals surface area contributed by atoms with Crippen molar-refractivity contribution in [3.63, 3.8) is 0 Å². The highest BCUT2D eigenvalue weighted by atomic mass is 35.5. The Morgan fingerprint density at radius 3 is 2.76 bits per heavy atom. The highest BCUT2D eigenvalue weighted by molar-refractivity contribution is 6.31. The largest absolute Gasteiger partial charge is 0.325 e. The first kappa shape index (κ1) is 21.9. The van der Waals surface area contributed by atoms with E-state index in [9.17, 15) is 14.4 Å². The van der Waals surface area contributed by atoms with Crippen LogP contribution in [0.25, 0.3) is 11.3 Å². The lowest BCUT2D eigenvalue weighted by Crippen LogP contribution is -2.15. The normalized spacial score (nSPS) is 10.5. The van der Waals surface area contributed by atoms with Crippen molar-refractivity contribution in [3.05, 3.63) is 82.9 Å². The quantitative estimate of drug-likeness (QED) is 0.438. The summed E-state index contributed by atoms with van der Waals surface area (Å²) in [6.07, 6.45) is 3.21. The van der Waals surface area contributed by atoms with Crippen molar-refractivity contribution >= 4 is 35.0 Å². The Morgan fingerprint density at radius 2 is 2.03 bits per heavy atom. The van der Waals surface area contributed by atoms with E-state index in [0.717, 1.165) is 11.9 Å². The van der Waals surface area contributed by atoms with Crippen molar-refractivity contribution in [3.8, 4) is 17.3 Å². The Labute approximate surface area is 193 Å². The number of aryl methyl sites for hydroxylation is 1. The molecule has 8 nitrogen and oxygen atoms in total. The number of amides is 1. The van der Waals surface area contributed by atoms with E-state index in [-0.39, 0.29) is 22.9 Å². The number of hydrogen-bond donors (Lipinski definition) is 2. The second-order valence-electron chi connectivity index (χ2n) is 7.06. The van der Waals surface area contributed by atoms with Crippen LogP contribution < -0.4 is 10.6 Å². The highest BCUT2D eigenvalue weighted by Crippen LogP contribution is 2.25. The zero-order valence-corrected chi connectivity index (χ0v) is 18.1. The summed E-state index contributed by atoms with van der Waals surface area (Å²) in [5, 5.41) is 19.7. The summed E-state index contributed by atoms with van der Waals surface area (Å²) >= 11 is 6.00. The number of nitriles is 1. The number of halogens is 2. The minimum atomic E-state index is -0.477. The summed E-state index contributed by atoms with van der Waals surface area (Å²) in [5.41, 5.74) is 2.39. The summed E-state index contributed by atoms with van der Waals surface area (Å²) in [7, 11) is 1.79. The van der Waals surface area contributed by atoms with Crippen molar-refractivity contribution in [2.45, 2.75) is 6.42 Å². The molecule has 0 bridgehead atoms. The van der Waals surface area contributed by atoms with Crippen LogP contribution in [-0.4, -0.2) is 25.7 Å². The molecule has 1 amide bonds. The van der Waals surface area contributed by atoms with Gasteiger partial charge in [0.15, 0.2) is 0 Å². The molecule has 4 aromatic rings. The smallest absolute Gasteiger partial charge is 0.228 e. The van der Waals surface area contributed by atoms with E-state index in [2.05, 4.69) is 31.8 Å². The zero-order valence-electron chi connectivity index (χ0n) is 17.4. The molecule has 0 aliphatic carbocycles. The number of carbonyl (C=O) groups excluding carboxylic acids is 1. The minimum absolute atomic E-state index is 0.0549. The molecule has 0 unspecified atom stereocenters. The predicted octanol–water partition coefficient (Wildman–Crippen LogP) is 4.47. The molecule has 2 aromatic heterocycles. The highest BCUT2D eigenvalue weighted by Gasteiger charge is 2.13. The van der Waals surface area contributed by atoms with Gasteiger partial charge < -0.3 is 10.6 Å². The van der Waals surface area contributed by atoms with Crippen LogP contribution in [0.3, 0.4) is 0 Å². The van der Waals surface area contributed by atoms with Gasteiger partial charge >= 0.3 is 0 Å². The summed E-state index contributed by atoms with van der Waals surface area (Å²) in [6.45, 7) is 0. The van der Waals surface area contributed by atoms with Gasteiger partial charge in [0.25, 0.3) is 0 Å². The molecule has 10 heteroatoms. The second kappa shape index (κ2) is 9.46. The van der Waals surface area contributed by atoms with E-state index in [1.807, 2.05) is 0 Å². The summed E-state index contributed by atoms with van der Waals surface area (Å²) in [6, 6.07) is 14.5. The van der Waals surface area contributed by atoms with Crippen molar-refractivity contribution in [2.75, 3.05) is 10.6 Å². The number of nitrogens with one attached hydrogen (secondary N) is 2. The van der Waals surface area contributed by atoms with Crippen LogP contribution in [0.4, 0.5) is 21.8 Å². The third-order valence-corrected chi connectivity index (χ3v) is 5.14. The molecule has 0 fully saturated rings. The molecular weight excluding hydrogens is 445 g/mol. The first-order valence-corrected chi connectivity index (χ1v) is 10.2. The predicted molar refractivity (Wildman–Crippen MR) is 122 cm³/mol. The van der Waals surface area contributed by atoms with Gasteiger partial charge in [0.2, 0.25) is 11.9 Å². The maximum absolute atomic E-state index is 13.2. The average Bonchev–Trinajstić information content (AvgIpc) is 3.20. The minimum Gasteiger partial charge on any atom is -0.325 e. The van der Waals surface area contributed by atoms with Crippen molar-refractivity contribution in [2.24, 2.45) is 7.05 Å². The fourth-order valence-corrected chi connectivity index (χ4v) is 3.36. The number of hydrogen-bond acceptors (Lipinski definition) is 6. The number of aromatic nitrogens is 4. The molecule has 0 radical (unpaired) electrons. The van der Waals surface area contributed by atoms with E-state index in [1.54, 1.807) is 54.5 Å². The van der Waals surface area contributed by atoms with Gasteiger partial charge in [-0.25, -0.2) is 14.4 Å². The number of anilines is 3. The Bertz CT molecular complexity index is 1380. The van der Waals surface area contributed by atoms with Gasteiger partial charge in [-0.15, -0.1) is 0 Å². The maximum Gasteiger partial charge on any atom is 0.228 e. The van der Waals surface area contributed by atoms with Crippen LogP contribution in [0, 0.1) is 17.1 Å². The number of rotatable bonds is 6. The van der Waals surface area contributed by atoms with Gasteiger partial charge in [0.1, 0.15) is 17.7 Å². The summed E-state index contributed by atoms with van der Waals surface area (Å²) < 4.78 is 14.9. The topological polar surface area (TPSA) is 109 Å². The molecule has 0 saturated carbocycles. The van der Waals surface area contributed by atoms with Gasteiger partial charge in [-0.1, -0.05) is 23.7 Å². The Balaban J connectivity index is 1.52. The third-order valence-electron chi connectivity index (χ3n) is 4.79. The van der Waals surface area contributed by atoms with E-state index < -0.39 is 5.82 Å². The number of nitrogens with zero attached hydrogens (tertiary/aromatic N) is 5. The molecule has 0 atom stereocenters. The van der Waals surface area contributed by atoms with Crippen molar-refractivity contribution < 1.29 is 9.18 Å². The van der Waals surface area contributed by atoms with Crippen LogP contribution in [-0.2, 0) is 18.3 Å². The van der Waals surface area contributed by atoms with Gasteiger partial charge in [0.05, 0.1) is 29.6 Å². The maximum atomic E-state index is 13.2. The third kappa shape index (κ3) is 5.14. The standard InChI is InChI=1S/C23H17ClFN7O/c1-32-21(7-9-28-32)31-23-27-8-6-20(30-23)15-3-5-19(16(10-15)13-26)29-22(33)11-14-2-4-17(25)12-18(14)24/h2-10,12H,11H2,1H3,(H,29,33)(H,27,30,31). The van der Waals surface area contributed by atoms with Crippen LogP contribution in [0.2, 0.25) is 5.02 Å². The molecule has 2 aromatic carbocycles. The lowest BCUT2D eigenvalue weighted by atomic mass is 10.1. The van der Waals surface area contributed by atoms with E-state index in [0.29, 0.717) is 28.5 Å². The van der Waals surface area contributed by atoms with E-state index in [4.69, 9.17) is 11.6 Å². The van der Waals surface area contributed by atoms with Crippen LogP contribution in [0.5, 0.6) is 0 Å². The molecular formula is C23H17ClFN7O. The van der Waals surface area contributed by atoms with E-state index >= 15 is 0 Å². The van der Waals surface area contributed by atoms with Gasteiger partial charge in [-0.05, 0) is 35.9 Å². The first-order chi connectivity index (χ1) is 15.9. The van der Waals surface area contributed by atoms with Crippen LogP contribution >= 0.6 is 11.6 Å². The monoisotopic (exact) mass is 461 g/mol. The second-order valence-corrected chi connectivity index (χ2v) is 7.47. The average molecular weight is 462 g/mol. The van der Waals surface area contributed by atoms with Gasteiger partial charge in [-0.3, -0.25) is 9.48 Å². The summed E-state index contributed by atoms with van der Waals surface area (Å²) in [4.78, 5) is 21.2. The van der Waals surface area contributed by atoms with Crippen LogP contribution in [0.1, 0.15) is 11.1 Å². The molecule has 0 aliphatic rings. The molecule has 2 N–H and O–H groups in total. The lowest BCUT2D eigenvalue weighted by molar-refractivity contribution is -0.115. The molecule has 2 heterocycles. The molecule has 0 saturated heterocycles. The summed E-state index contributed by atoms with van der Waals surface area (Å²) in [5.74, 6) is 0.250. The molecule has 164 valence electrons. The van der Waals surface area contributed by atoms with Crippen molar-refractivity contribution in [1.82, 2.24) is 19.7 Å². The lowest BCUT2D eigenvalue weighted by Gasteiger charge is -2.10. The Morgan fingerprint density at radius 1 is 1.18 bits per heavy atom. The fourth-order valence-electron chi connectivity index (χ4n) is 3.13. The zero-order chi connectivity index (χ0) is 23.4. The van der Waals surface area contributed by atoms with E-state index in [1.165, 1.54) is 12.1 Å². The Hall–Kier alpha value is -4.29. The molecule has 33 heavy (non-hydrogen) atoms. The first-order valence-electron chi connectivity index (χ1n) is 9.79.